The minimum atomic E-state index is -0.00425. The van der Waals surface area contributed by atoms with Crippen molar-refractivity contribution in [3.63, 3.8) is 0 Å². The van der Waals surface area contributed by atoms with E-state index in [-0.39, 0.29) is 6.04 Å². The average molecular weight is 759 g/mol. The van der Waals surface area contributed by atoms with Crippen LogP contribution in [0.4, 0.5) is 0 Å². The second-order valence-electron chi connectivity index (χ2n) is 15.1. The molecule has 4 heteroatoms. The molecular weight excluding hydrogens is 725 g/mol. The van der Waals surface area contributed by atoms with Gasteiger partial charge in [-0.15, -0.1) is 0 Å². The highest BCUT2D eigenvalue weighted by atomic mass is 32.2. The SMILES string of the molecule is c1ccc(-c2ccc(C3=C4Sc5ccccc5C4NC(c4cccc5oc6ccc(-c7cccc(-c8cc9ccccc9c9ccccc89)c7)cc6c45)=N3)cc2)cc1. The standard InChI is InChI=1S/C54H34N2OS/c1-2-12-33(13-3-1)34-24-26-35(27-25-34)51-53-52(43-20-8-9-23-49(43)58-53)56-54(55-51)44-21-11-22-48-50(44)46-31-37(28-29-47(46)57-48)36-15-10-16-38(30-36)45-32-39-14-4-5-17-40(39)41-18-6-7-19-42(41)45/h1-32,52H,(H,55,56). The van der Waals surface area contributed by atoms with Crippen LogP contribution in [0.25, 0.3) is 82.6 Å². The van der Waals surface area contributed by atoms with Crippen LogP contribution >= 0.6 is 11.8 Å². The molecule has 1 N–H and O–H groups in total. The monoisotopic (exact) mass is 758 g/mol. The van der Waals surface area contributed by atoms with Gasteiger partial charge in [-0.1, -0.05) is 169 Å². The molecule has 10 aromatic rings. The highest BCUT2D eigenvalue weighted by molar-refractivity contribution is 8.03. The van der Waals surface area contributed by atoms with Crippen molar-refractivity contribution in [2.24, 2.45) is 4.99 Å². The van der Waals surface area contributed by atoms with Crippen molar-refractivity contribution < 1.29 is 4.42 Å². The summed E-state index contributed by atoms with van der Waals surface area (Å²) in [5.41, 5.74) is 13.2. The number of fused-ring (bicyclic) bond motifs is 9. The molecular formula is C54H34N2OS. The normalized spacial score (nSPS) is 14.8. The molecule has 0 radical (unpaired) electrons. The van der Waals surface area contributed by atoms with Gasteiger partial charge in [-0.2, -0.15) is 0 Å². The Morgan fingerprint density at radius 1 is 0.448 bits per heavy atom. The maximum absolute atomic E-state index is 6.57. The lowest BCUT2D eigenvalue weighted by atomic mass is 9.91. The maximum atomic E-state index is 6.57. The van der Waals surface area contributed by atoms with Gasteiger partial charge in [0.15, 0.2) is 0 Å². The molecule has 2 aliphatic heterocycles. The van der Waals surface area contributed by atoms with Crippen LogP contribution in [0, 0.1) is 0 Å². The van der Waals surface area contributed by atoms with Crippen LogP contribution in [0.2, 0.25) is 0 Å². The van der Waals surface area contributed by atoms with Crippen molar-refractivity contribution in [2.45, 2.75) is 10.9 Å². The van der Waals surface area contributed by atoms with Gasteiger partial charge in [0.25, 0.3) is 0 Å². The van der Waals surface area contributed by atoms with Crippen LogP contribution in [-0.4, -0.2) is 5.84 Å². The Labute approximate surface area is 340 Å². The van der Waals surface area contributed by atoms with Crippen LogP contribution in [0.15, 0.2) is 213 Å². The van der Waals surface area contributed by atoms with E-state index in [1.807, 2.05) is 11.8 Å². The van der Waals surface area contributed by atoms with E-state index in [0.29, 0.717) is 0 Å². The third kappa shape index (κ3) is 5.33. The fourth-order valence-corrected chi connectivity index (χ4v) is 10.2. The third-order valence-corrected chi connectivity index (χ3v) is 13.0. The molecule has 0 fully saturated rings. The van der Waals surface area contributed by atoms with Crippen LogP contribution in [0.3, 0.4) is 0 Å². The van der Waals surface area contributed by atoms with Crippen molar-refractivity contribution in [3.05, 3.63) is 216 Å². The molecule has 58 heavy (non-hydrogen) atoms. The zero-order valence-corrected chi connectivity index (χ0v) is 32.1. The molecule has 3 heterocycles. The molecule has 0 amide bonds. The number of furan rings is 1. The highest BCUT2D eigenvalue weighted by Crippen LogP contribution is 2.52. The largest absolute Gasteiger partial charge is 0.456 e. The molecule has 1 atom stereocenters. The van der Waals surface area contributed by atoms with Crippen LogP contribution in [0.1, 0.15) is 22.7 Å². The van der Waals surface area contributed by atoms with Crippen molar-refractivity contribution in [1.82, 2.24) is 5.32 Å². The Bertz CT molecular complexity index is 3340. The summed E-state index contributed by atoms with van der Waals surface area (Å²) in [4.78, 5) is 7.97. The fourth-order valence-electron chi connectivity index (χ4n) is 8.95. The summed E-state index contributed by atoms with van der Waals surface area (Å²) in [6, 6.07) is 69.7. The molecule has 2 aliphatic rings. The lowest BCUT2D eigenvalue weighted by Crippen LogP contribution is -2.32. The van der Waals surface area contributed by atoms with Gasteiger partial charge in [-0.05, 0) is 96.9 Å². The van der Waals surface area contributed by atoms with Crippen LogP contribution < -0.4 is 5.32 Å². The molecule has 1 aromatic heterocycles. The van der Waals surface area contributed by atoms with Crippen LogP contribution in [0.5, 0.6) is 0 Å². The summed E-state index contributed by atoms with van der Waals surface area (Å²) >= 11 is 1.82. The van der Waals surface area contributed by atoms with E-state index in [1.54, 1.807) is 0 Å². The van der Waals surface area contributed by atoms with Gasteiger partial charge in [-0.25, -0.2) is 4.99 Å². The number of nitrogens with zero attached hydrogens (tertiary/aromatic N) is 1. The topological polar surface area (TPSA) is 37.5 Å². The number of amidine groups is 1. The number of thioether (sulfide) groups is 1. The van der Waals surface area contributed by atoms with Crippen molar-refractivity contribution in [1.29, 1.82) is 0 Å². The lowest BCUT2D eigenvalue weighted by molar-refractivity contribution is 0.669. The number of aliphatic imine (C=N–C) groups is 1. The van der Waals surface area contributed by atoms with E-state index >= 15 is 0 Å². The summed E-state index contributed by atoms with van der Waals surface area (Å²) in [5, 5.41) is 11.1. The number of benzene rings is 9. The Morgan fingerprint density at radius 3 is 2.02 bits per heavy atom. The molecule has 0 saturated heterocycles. The summed E-state index contributed by atoms with van der Waals surface area (Å²) in [6.07, 6.45) is 0. The first-order valence-electron chi connectivity index (χ1n) is 19.7. The molecule has 9 aromatic carbocycles. The number of hydrogen-bond acceptors (Lipinski definition) is 4. The second kappa shape index (κ2) is 13.2. The zero-order chi connectivity index (χ0) is 38.2. The lowest BCUT2D eigenvalue weighted by Gasteiger charge is -2.25. The quantitative estimate of drug-likeness (QED) is 0.178. The summed E-state index contributed by atoms with van der Waals surface area (Å²) in [7, 11) is 0. The van der Waals surface area contributed by atoms with Gasteiger partial charge in [0.1, 0.15) is 17.0 Å². The molecule has 0 saturated carbocycles. The molecule has 272 valence electrons. The molecule has 0 bridgehead atoms. The number of hydrogen-bond donors (Lipinski definition) is 1. The molecule has 12 rings (SSSR count). The van der Waals surface area contributed by atoms with Crippen molar-refractivity contribution in [3.8, 4) is 33.4 Å². The van der Waals surface area contributed by atoms with Gasteiger partial charge in [0.05, 0.1) is 11.7 Å². The van der Waals surface area contributed by atoms with E-state index in [9.17, 15) is 0 Å². The Kier molecular flexibility index (Phi) is 7.54. The number of nitrogens with one attached hydrogen (secondary N) is 1. The average Bonchev–Trinajstić information content (AvgIpc) is 3.87. The molecule has 1 unspecified atom stereocenters. The predicted molar refractivity (Wildman–Crippen MR) is 243 cm³/mol. The van der Waals surface area contributed by atoms with Gasteiger partial charge in [0.2, 0.25) is 0 Å². The van der Waals surface area contributed by atoms with Gasteiger partial charge >= 0.3 is 0 Å². The minimum Gasteiger partial charge on any atom is -0.456 e. The van der Waals surface area contributed by atoms with Crippen LogP contribution in [-0.2, 0) is 0 Å². The first-order chi connectivity index (χ1) is 28.7. The zero-order valence-electron chi connectivity index (χ0n) is 31.3. The fraction of sp³-hybridized carbons (Fsp3) is 0.0185. The summed E-state index contributed by atoms with van der Waals surface area (Å²) in [6.45, 7) is 0. The third-order valence-electron chi connectivity index (χ3n) is 11.7. The Morgan fingerprint density at radius 2 is 1.12 bits per heavy atom. The highest BCUT2D eigenvalue weighted by Gasteiger charge is 2.35. The van der Waals surface area contributed by atoms with E-state index < -0.39 is 0 Å². The van der Waals surface area contributed by atoms with E-state index in [4.69, 9.17) is 9.41 Å². The van der Waals surface area contributed by atoms with Crippen molar-refractivity contribution >= 4 is 66.8 Å². The van der Waals surface area contributed by atoms with E-state index in [0.717, 1.165) is 55.7 Å². The number of rotatable bonds is 5. The van der Waals surface area contributed by atoms with E-state index in [1.165, 1.54) is 59.2 Å². The van der Waals surface area contributed by atoms with Gasteiger partial charge < -0.3 is 9.73 Å². The molecule has 3 nitrogen and oxygen atoms in total. The molecule has 0 aliphatic carbocycles. The Hall–Kier alpha value is -7.14. The van der Waals surface area contributed by atoms with Gasteiger partial charge in [0, 0.05) is 31.7 Å². The molecule has 0 spiro atoms. The maximum Gasteiger partial charge on any atom is 0.136 e. The van der Waals surface area contributed by atoms with Crippen molar-refractivity contribution in [2.75, 3.05) is 0 Å². The second-order valence-corrected chi connectivity index (χ2v) is 16.2. The first kappa shape index (κ1) is 33.0. The smallest absolute Gasteiger partial charge is 0.136 e. The summed E-state index contributed by atoms with van der Waals surface area (Å²) in [5.74, 6) is 0.845. The first-order valence-corrected chi connectivity index (χ1v) is 20.5. The predicted octanol–water partition coefficient (Wildman–Crippen LogP) is 14.5. The Balaban J connectivity index is 0.985. The van der Waals surface area contributed by atoms with E-state index in [2.05, 4.69) is 199 Å². The van der Waals surface area contributed by atoms with Gasteiger partial charge in [-0.3, -0.25) is 0 Å². The summed E-state index contributed by atoms with van der Waals surface area (Å²) < 4.78 is 6.57. The minimum absolute atomic E-state index is 0.00425.